The molecule has 3 heterocycles. The predicted octanol–water partition coefficient (Wildman–Crippen LogP) is 2.83. The second-order valence-corrected chi connectivity index (χ2v) is 6.80. The first-order valence-corrected chi connectivity index (χ1v) is 8.76. The maximum Gasteiger partial charge on any atom is 0.222 e. The Kier molecular flexibility index (Phi) is 4.87. The molecule has 22 heavy (non-hydrogen) atoms. The van der Waals surface area contributed by atoms with Crippen LogP contribution in [0.5, 0.6) is 0 Å². The van der Waals surface area contributed by atoms with E-state index in [1.807, 2.05) is 22.6 Å². The van der Waals surface area contributed by atoms with Crippen molar-refractivity contribution in [2.24, 2.45) is 0 Å². The average Bonchev–Trinajstić information content (AvgIpc) is 3.19. The van der Waals surface area contributed by atoms with Gasteiger partial charge in [-0.05, 0) is 26.2 Å². The second-order valence-electron chi connectivity index (χ2n) is 5.91. The maximum atomic E-state index is 12.4. The van der Waals surface area contributed by atoms with E-state index < -0.39 is 0 Å². The summed E-state index contributed by atoms with van der Waals surface area (Å²) in [4.78, 5) is 23.0. The highest BCUT2D eigenvalue weighted by Gasteiger charge is 2.26. The molecule has 0 spiro atoms. The van der Waals surface area contributed by atoms with E-state index in [2.05, 4.69) is 15.3 Å². The summed E-state index contributed by atoms with van der Waals surface area (Å²) in [5.41, 5.74) is 1.09. The van der Waals surface area contributed by atoms with E-state index in [4.69, 9.17) is 0 Å². The van der Waals surface area contributed by atoms with Gasteiger partial charge in [-0.25, -0.2) is 9.97 Å². The minimum absolute atomic E-state index is 0.276. The van der Waals surface area contributed by atoms with Crippen molar-refractivity contribution in [1.82, 2.24) is 19.4 Å². The fourth-order valence-electron chi connectivity index (χ4n) is 2.95. The van der Waals surface area contributed by atoms with E-state index in [1.54, 1.807) is 23.9 Å². The first kappa shape index (κ1) is 15.2. The lowest BCUT2D eigenvalue weighted by molar-refractivity contribution is -0.132. The lowest BCUT2D eigenvalue weighted by atomic mass is 9.98. The molecule has 3 rings (SSSR count). The molecule has 1 saturated heterocycles. The molecule has 118 valence electrons. The molecule has 0 saturated carbocycles. The third-order valence-corrected chi connectivity index (χ3v) is 5.25. The van der Waals surface area contributed by atoms with E-state index in [-0.39, 0.29) is 5.91 Å². The van der Waals surface area contributed by atoms with E-state index >= 15 is 0 Å². The molecular formula is C16H22N4OS. The van der Waals surface area contributed by atoms with Crippen LogP contribution in [0.3, 0.4) is 0 Å². The van der Waals surface area contributed by atoms with Gasteiger partial charge in [0.15, 0.2) is 0 Å². The monoisotopic (exact) mass is 318 g/mol. The molecule has 1 unspecified atom stereocenters. The van der Waals surface area contributed by atoms with Crippen molar-refractivity contribution in [1.29, 1.82) is 0 Å². The quantitative estimate of drug-likeness (QED) is 0.852. The van der Waals surface area contributed by atoms with Gasteiger partial charge in [0.2, 0.25) is 5.91 Å². The first-order valence-electron chi connectivity index (χ1n) is 7.88. The third-order valence-electron chi connectivity index (χ3n) is 4.13. The molecule has 0 N–H and O–H groups in total. The minimum Gasteiger partial charge on any atom is -0.342 e. The summed E-state index contributed by atoms with van der Waals surface area (Å²) in [5.74, 6) is 0.697. The van der Waals surface area contributed by atoms with Gasteiger partial charge in [-0.3, -0.25) is 4.79 Å². The number of hydrogen-bond donors (Lipinski definition) is 0. The minimum atomic E-state index is 0.276. The molecule has 1 aliphatic rings. The van der Waals surface area contributed by atoms with Crippen LogP contribution in [0.1, 0.15) is 42.3 Å². The second kappa shape index (κ2) is 7.05. The van der Waals surface area contributed by atoms with Crippen LogP contribution >= 0.6 is 11.3 Å². The topological polar surface area (TPSA) is 51.0 Å². The summed E-state index contributed by atoms with van der Waals surface area (Å²) < 4.78 is 2.02. The van der Waals surface area contributed by atoms with Gasteiger partial charge in [0.25, 0.3) is 0 Å². The van der Waals surface area contributed by atoms with Crippen LogP contribution in [0.25, 0.3) is 0 Å². The Bertz CT molecular complexity index is 607. The first-order chi connectivity index (χ1) is 10.7. The van der Waals surface area contributed by atoms with Gasteiger partial charge in [0.1, 0.15) is 0 Å². The zero-order valence-corrected chi connectivity index (χ0v) is 13.8. The van der Waals surface area contributed by atoms with E-state index in [1.165, 1.54) is 5.01 Å². The highest BCUT2D eigenvalue weighted by Crippen LogP contribution is 2.29. The standard InChI is InChI=1S/C16H22N4OS/c1-13-11-22-16(18-13)14-4-2-8-20(10-14)15(21)5-3-7-19-9-6-17-12-19/h6,9,11-12,14H,2-5,7-8,10H2,1H3. The lowest BCUT2D eigenvalue weighted by Gasteiger charge is -2.32. The summed E-state index contributed by atoms with van der Waals surface area (Å²) in [5, 5.41) is 3.29. The molecule has 1 fully saturated rings. The predicted molar refractivity (Wildman–Crippen MR) is 86.9 cm³/mol. The van der Waals surface area contributed by atoms with Crippen molar-refractivity contribution in [2.75, 3.05) is 13.1 Å². The van der Waals surface area contributed by atoms with Gasteiger partial charge in [-0.15, -0.1) is 11.3 Å². The number of hydrogen-bond acceptors (Lipinski definition) is 4. The molecule has 2 aromatic heterocycles. The molecule has 1 atom stereocenters. The van der Waals surface area contributed by atoms with Gasteiger partial charge in [-0.1, -0.05) is 0 Å². The van der Waals surface area contributed by atoms with Crippen LogP contribution in [0, 0.1) is 6.92 Å². The summed E-state index contributed by atoms with van der Waals surface area (Å²) in [6, 6.07) is 0. The van der Waals surface area contributed by atoms with Crippen LogP contribution < -0.4 is 0 Å². The van der Waals surface area contributed by atoms with E-state index in [0.717, 1.165) is 44.6 Å². The van der Waals surface area contributed by atoms with Crippen LogP contribution in [-0.2, 0) is 11.3 Å². The Balaban J connectivity index is 1.49. The molecule has 0 aromatic carbocycles. The number of carbonyl (C=O) groups excluding carboxylic acids is 1. The largest absolute Gasteiger partial charge is 0.342 e. The Morgan fingerprint density at radius 2 is 2.41 bits per heavy atom. The lowest BCUT2D eigenvalue weighted by Crippen LogP contribution is -2.39. The Labute approximate surface area is 135 Å². The molecule has 2 aromatic rings. The summed E-state index contributed by atoms with van der Waals surface area (Å²) >= 11 is 1.73. The van der Waals surface area contributed by atoms with Crippen molar-refractivity contribution >= 4 is 17.2 Å². The number of aryl methyl sites for hydroxylation is 2. The Morgan fingerprint density at radius 1 is 1.50 bits per heavy atom. The Morgan fingerprint density at radius 3 is 3.14 bits per heavy atom. The Hall–Kier alpha value is -1.69. The molecule has 1 amide bonds. The number of nitrogens with zero attached hydrogens (tertiary/aromatic N) is 4. The molecule has 0 aliphatic carbocycles. The smallest absolute Gasteiger partial charge is 0.222 e. The number of carbonyl (C=O) groups is 1. The number of piperidine rings is 1. The van der Waals surface area contributed by atoms with Crippen LogP contribution in [0.4, 0.5) is 0 Å². The third kappa shape index (κ3) is 3.74. The highest BCUT2D eigenvalue weighted by atomic mass is 32.1. The fourth-order valence-corrected chi connectivity index (χ4v) is 3.88. The molecule has 0 radical (unpaired) electrons. The summed E-state index contributed by atoms with van der Waals surface area (Å²) in [6.07, 6.45) is 9.21. The van der Waals surface area contributed by atoms with Crippen molar-refractivity contribution in [3.05, 3.63) is 34.8 Å². The molecular weight excluding hydrogens is 296 g/mol. The van der Waals surface area contributed by atoms with Crippen LogP contribution in [0.2, 0.25) is 0 Å². The van der Waals surface area contributed by atoms with Gasteiger partial charge < -0.3 is 9.47 Å². The van der Waals surface area contributed by atoms with Gasteiger partial charge in [-0.2, -0.15) is 0 Å². The highest BCUT2D eigenvalue weighted by molar-refractivity contribution is 7.09. The number of likely N-dealkylation sites (tertiary alicyclic amines) is 1. The fraction of sp³-hybridized carbons (Fsp3) is 0.562. The molecule has 0 bridgehead atoms. The van der Waals surface area contributed by atoms with E-state index in [9.17, 15) is 4.79 Å². The number of thiazole rings is 1. The maximum absolute atomic E-state index is 12.4. The molecule has 5 nitrogen and oxygen atoms in total. The normalized spacial score (nSPS) is 18.6. The molecule has 1 aliphatic heterocycles. The van der Waals surface area contributed by atoms with Crippen molar-refractivity contribution in [3.63, 3.8) is 0 Å². The van der Waals surface area contributed by atoms with Crippen LogP contribution in [0.15, 0.2) is 24.1 Å². The van der Waals surface area contributed by atoms with Gasteiger partial charge in [0.05, 0.1) is 11.3 Å². The average molecular weight is 318 g/mol. The number of imidazole rings is 1. The molecule has 6 heteroatoms. The summed E-state index contributed by atoms with van der Waals surface area (Å²) in [7, 11) is 0. The number of amides is 1. The van der Waals surface area contributed by atoms with Crippen molar-refractivity contribution in [2.45, 2.75) is 45.1 Å². The van der Waals surface area contributed by atoms with Gasteiger partial charge in [0, 0.05) is 55.4 Å². The van der Waals surface area contributed by atoms with Crippen molar-refractivity contribution < 1.29 is 4.79 Å². The summed E-state index contributed by atoms with van der Waals surface area (Å²) in [6.45, 7) is 4.61. The van der Waals surface area contributed by atoms with Crippen LogP contribution in [-0.4, -0.2) is 38.4 Å². The zero-order valence-electron chi connectivity index (χ0n) is 12.9. The van der Waals surface area contributed by atoms with E-state index in [0.29, 0.717) is 12.3 Å². The van der Waals surface area contributed by atoms with Crippen molar-refractivity contribution in [3.8, 4) is 0 Å². The zero-order chi connectivity index (χ0) is 15.4. The van der Waals surface area contributed by atoms with Gasteiger partial charge >= 0.3 is 0 Å². The number of aromatic nitrogens is 3. The number of rotatable bonds is 5. The SMILES string of the molecule is Cc1csc(C2CCCN(C(=O)CCCn3ccnc3)C2)n1.